The van der Waals surface area contributed by atoms with Crippen molar-refractivity contribution in [1.29, 1.82) is 0 Å². The summed E-state index contributed by atoms with van der Waals surface area (Å²) in [7, 11) is -6.41. The van der Waals surface area contributed by atoms with E-state index in [1.807, 2.05) is 0 Å². The van der Waals surface area contributed by atoms with Crippen LogP contribution < -0.4 is 10.6 Å². The monoisotopic (exact) mass is 668 g/mol. The molecule has 8 aromatic carbocycles. The van der Waals surface area contributed by atoms with E-state index in [2.05, 4.69) is 0 Å². The molecule has 47 heavy (non-hydrogen) atoms. The van der Waals surface area contributed by atoms with E-state index >= 15 is 22.1 Å². The number of hydrogen-bond acceptors (Lipinski definition) is 1. The van der Waals surface area contributed by atoms with Crippen LogP contribution in [-0.4, -0.2) is 23.7 Å². The molecule has 0 aromatic heterocycles. The summed E-state index contributed by atoms with van der Waals surface area (Å²) in [5, 5.41) is 4.10. The fourth-order valence-corrected chi connectivity index (χ4v) is 9.64. The molecule has 8 aromatic rings. The molecule has 236 valence electrons. The summed E-state index contributed by atoms with van der Waals surface area (Å²) in [6.07, 6.45) is -7.08. The van der Waals surface area contributed by atoms with Gasteiger partial charge in [-0.15, -0.1) is 0 Å². The van der Waals surface area contributed by atoms with Gasteiger partial charge in [0.25, 0.3) is 0 Å². The van der Waals surface area contributed by atoms with Gasteiger partial charge in [-0.05, 0) is 88.9 Å². The zero-order valence-electron chi connectivity index (χ0n) is 23.6. The fraction of sp³-hybridized carbons (Fsp3) is 0.111. The lowest BCUT2D eigenvalue weighted by Crippen LogP contribution is -2.62. The van der Waals surface area contributed by atoms with Crippen LogP contribution in [0.15, 0.2) is 109 Å². The largest absolute Gasteiger partial charge is 0.460 e. The van der Waals surface area contributed by atoms with Gasteiger partial charge in [0.1, 0.15) is 0 Å². The lowest BCUT2D eigenvalue weighted by atomic mass is 9.94. The molecule has 0 fully saturated rings. The molecule has 0 atom stereocenters. The Labute approximate surface area is 259 Å². The van der Waals surface area contributed by atoms with E-state index in [0.717, 1.165) is 45.8 Å². The summed E-state index contributed by atoms with van der Waals surface area (Å²) in [6, 6.07) is 26.8. The first-order chi connectivity index (χ1) is 22.1. The first-order valence-electron chi connectivity index (χ1n) is 14.2. The maximum absolute atomic E-state index is 16.4. The fourth-order valence-electron chi connectivity index (χ4n) is 6.88. The maximum atomic E-state index is 16.4. The highest BCUT2D eigenvalue weighted by Gasteiger charge is 2.85. The van der Waals surface area contributed by atoms with Crippen LogP contribution in [0, 0.1) is 0 Å². The van der Waals surface area contributed by atoms with E-state index in [1.165, 1.54) is 24.3 Å². The Morgan fingerprint density at radius 1 is 0.383 bits per heavy atom. The number of hydrogen-bond donors (Lipinski definition) is 0. The zero-order valence-corrected chi connectivity index (χ0v) is 24.5. The van der Waals surface area contributed by atoms with E-state index in [9.17, 15) is 22.0 Å². The Morgan fingerprint density at radius 2 is 0.660 bits per heavy atom. The summed E-state index contributed by atoms with van der Waals surface area (Å²) in [6.45, 7) is 0. The highest BCUT2D eigenvalue weighted by Crippen LogP contribution is 2.69. The van der Waals surface area contributed by atoms with Crippen LogP contribution in [0.5, 0.6) is 0 Å². The topological polar surface area (TPSA) is 17.1 Å². The van der Waals surface area contributed by atoms with E-state index in [0.29, 0.717) is 21.5 Å². The van der Waals surface area contributed by atoms with Gasteiger partial charge >= 0.3 is 23.7 Å². The van der Waals surface area contributed by atoms with Crippen LogP contribution in [0.25, 0.3) is 64.6 Å². The minimum Gasteiger partial charge on any atom is -0.307 e. The van der Waals surface area contributed by atoms with Crippen molar-refractivity contribution in [3.05, 3.63) is 109 Å². The molecule has 0 radical (unpaired) electrons. The molecule has 0 heterocycles. The first-order valence-corrected chi connectivity index (χ1v) is 16.0. The number of alkyl halides is 9. The number of halogens is 9. The van der Waals surface area contributed by atoms with Gasteiger partial charge in [-0.1, -0.05) is 84.9 Å². The Hall–Kier alpha value is -4.56. The maximum Gasteiger partial charge on any atom is 0.460 e. The number of benzene rings is 8. The van der Waals surface area contributed by atoms with Crippen molar-refractivity contribution >= 4 is 82.4 Å². The number of rotatable bonds is 5. The van der Waals surface area contributed by atoms with Crippen molar-refractivity contribution in [3.8, 4) is 0 Å². The van der Waals surface area contributed by atoms with E-state index < -0.39 is 41.4 Å². The second-order valence-corrected chi connectivity index (χ2v) is 14.6. The van der Waals surface area contributed by atoms with Gasteiger partial charge in [-0.2, -0.15) is 39.5 Å². The summed E-state index contributed by atoms with van der Waals surface area (Å²) in [4.78, 5) is 0. The van der Waals surface area contributed by atoms with Gasteiger partial charge in [0.2, 0.25) is 7.14 Å². The molecule has 0 aliphatic rings. The molecule has 0 saturated carbocycles. The highest BCUT2D eigenvalue weighted by molar-refractivity contribution is 7.79. The molecule has 8 rings (SSSR count). The minimum atomic E-state index is -7.23. The Balaban J connectivity index is 1.48. The van der Waals surface area contributed by atoms with E-state index in [-0.39, 0.29) is 21.5 Å². The zero-order chi connectivity index (χ0) is 33.3. The second kappa shape index (κ2) is 9.28. The van der Waals surface area contributed by atoms with Gasteiger partial charge in [0.15, 0.2) is 0 Å². The van der Waals surface area contributed by atoms with Crippen LogP contribution in [0.3, 0.4) is 0 Å². The SMILES string of the molecule is O=P(c1cc2ccc3cccc4ccc(c1)c2c34)(c1cc2ccc3cccc4ccc(c1)c2c34)C(F)(F)C(F)(F)C(F)(F)C(F)(F)F. The van der Waals surface area contributed by atoms with Gasteiger partial charge in [0.05, 0.1) is 0 Å². The molecular formula is C36H18F9OP. The quantitative estimate of drug-likeness (QED) is 0.101. The molecule has 0 amide bonds. The van der Waals surface area contributed by atoms with Gasteiger partial charge in [-0.3, -0.25) is 0 Å². The summed E-state index contributed by atoms with van der Waals surface area (Å²) in [5.41, 5.74) is -6.42. The standard InChI is InChI=1S/C36H18F9OP/c37-33(38,35(41,42)43)34(39,40)36(44,45)47(46,27-15-23-11-7-19-3-1-4-20-8-12-24(16-27)31(23)29(19)20)28-17-25-13-9-21-5-2-6-22-10-14-26(18-28)32(25)30(21)22/h1-18H. The van der Waals surface area contributed by atoms with Crippen molar-refractivity contribution < 1.29 is 44.1 Å². The predicted molar refractivity (Wildman–Crippen MR) is 168 cm³/mol. The Kier molecular flexibility index (Phi) is 5.89. The van der Waals surface area contributed by atoms with Crippen LogP contribution >= 0.6 is 7.14 Å². The Morgan fingerprint density at radius 3 is 0.957 bits per heavy atom. The van der Waals surface area contributed by atoms with Gasteiger partial charge in [-0.25, -0.2) is 0 Å². The van der Waals surface area contributed by atoms with Crippen LogP contribution in [0.2, 0.25) is 0 Å². The van der Waals surface area contributed by atoms with E-state index in [4.69, 9.17) is 0 Å². The second-order valence-electron chi connectivity index (χ2n) is 11.8. The minimum absolute atomic E-state index is 0.168. The van der Waals surface area contributed by atoms with Crippen LogP contribution in [0.1, 0.15) is 0 Å². The van der Waals surface area contributed by atoms with Crippen molar-refractivity contribution in [1.82, 2.24) is 0 Å². The lowest BCUT2D eigenvalue weighted by molar-refractivity contribution is -0.382. The molecular weight excluding hydrogens is 650 g/mol. The highest BCUT2D eigenvalue weighted by atomic mass is 31.2. The summed E-state index contributed by atoms with van der Waals surface area (Å²) < 4.78 is 147. The molecule has 0 saturated heterocycles. The van der Waals surface area contributed by atoms with Crippen molar-refractivity contribution in [2.24, 2.45) is 0 Å². The summed E-state index contributed by atoms with van der Waals surface area (Å²) in [5.74, 6) is -14.4. The van der Waals surface area contributed by atoms with Crippen molar-refractivity contribution in [2.75, 3.05) is 0 Å². The third-order valence-electron chi connectivity index (χ3n) is 9.15. The molecule has 0 spiro atoms. The smallest absolute Gasteiger partial charge is 0.307 e. The normalized spacial score (nSPS) is 14.1. The third kappa shape index (κ3) is 3.73. The first kappa shape index (κ1) is 29.8. The van der Waals surface area contributed by atoms with Gasteiger partial charge in [0, 0.05) is 10.6 Å². The molecule has 1 nitrogen and oxygen atoms in total. The lowest BCUT2D eigenvalue weighted by Gasteiger charge is -2.38. The molecule has 0 bridgehead atoms. The van der Waals surface area contributed by atoms with Crippen LogP contribution in [0.4, 0.5) is 39.5 Å². The molecule has 0 aliphatic carbocycles. The van der Waals surface area contributed by atoms with Gasteiger partial charge < -0.3 is 4.57 Å². The molecule has 0 unspecified atom stereocenters. The average Bonchev–Trinajstić information content (AvgIpc) is 3.04. The van der Waals surface area contributed by atoms with Crippen molar-refractivity contribution in [3.63, 3.8) is 0 Å². The van der Waals surface area contributed by atoms with E-state index in [1.54, 1.807) is 60.7 Å². The molecule has 11 heteroatoms. The average molecular weight is 668 g/mol. The van der Waals surface area contributed by atoms with Crippen molar-refractivity contribution in [2.45, 2.75) is 23.7 Å². The summed E-state index contributed by atoms with van der Waals surface area (Å²) >= 11 is 0. The van der Waals surface area contributed by atoms with Crippen LogP contribution in [-0.2, 0) is 4.57 Å². The Bertz CT molecular complexity index is 2310. The molecule has 0 N–H and O–H groups in total. The molecule has 0 aliphatic heterocycles. The third-order valence-corrected chi connectivity index (χ3v) is 12.2. The predicted octanol–water partition coefficient (Wildman–Crippen LogP) is 11.2.